The molecule has 3 aromatic rings. The third kappa shape index (κ3) is 1.73. The molecule has 20 heavy (non-hydrogen) atoms. The lowest BCUT2D eigenvalue weighted by Gasteiger charge is -2.11. The van der Waals surface area contributed by atoms with Crippen LogP contribution in [0.4, 0.5) is 0 Å². The first-order chi connectivity index (χ1) is 9.65. The predicted octanol–water partition coefficient (Wildman–Crippen LogP) is 4.23. The molecule has 2 heteroatoms. The van der Waals surface area contributed by atoms with Crippen LogP contribution < -0.4 is 0 Å². The maximum absolute atomic E-state index is 11.4. The number of hydrogen-bond donors (Lipinski definition) is 0. The van der Waals surface area contributed by atoms with Crippen molar-refractivity contribution in [1.82, 2.24) is 0 Å². The second-order valence-corrected chi connectivity index (χ2v) is 5.16. The van der Waals surface area contributed by atoms with Gasteiger partial charge in [0.15, 0.2) is 12.6 Å². The molecule has 0 spiro atoms. The van der Waals surface area contributed by atoms with Crippen molar-refractivity contribution in [3.8, 4) is 0 Å². The van der Waals surface area contributed by atoms with Gasteiger partial charge in [0.05, 0.1) is 0 Å². The number of carbonyl (C=O) groups excluding carboxylic acids is 2. The molecule has 0 aliphatic rings. The van der Waals surface area contributed by atoms with E-state index in [9.17, 15) is 9.59 Å². The molecule has 0 saturated carbocycles. The Kier molecular flexibility index (Phi) is 2.87. The minimum Gasteiger partial charge on any atom is -0.298 e. The number of benzene rings is 3. The minimum atomic E-state index is 0.478. The van der Waals surface area contributed by atoms with Crippen molar-refractivity contribution < 1.29 is 9.59 Å². The highest BCUT2D eigenvalue weighted by Gasteiger charge is 2.13. The van der Waals surface area contributed by atoms with E-state index in [0.717, 1.165) is 45.2 Å². The number of aryl methyl sites for hydroxylation is 2. The zero-order valence-corrected chi connectivity index (χ0v) is 11.4. The molecule has 98 valence electrons. The second kappa shape index (κ2) is 4.57. The van der Waals surface area contributed by atoms with E-state index in [1.54, 1.807) is 0 Å². The Morgan fingerprint density at radius 1 is 0.650 bits per heavy atom. The van der Waals surface area contributed by atoms with E-state index < -0.39 is 0 Å². The van der Waals surface area contributed by atoms with Gasteiger partial charge in [-0.1, -0.05) is 47.5 Å². The molecule has 0 aliphatic carbocycles. The fraction of sp³-hybridized carbons (Fsp3) is 0.111. The van der Waals surface area contributed by atoms with Crippen LogP contribution in [0.2, 0.25) is 0 Å². The van der Waals surface area contributed by atoms with Crippen molar-refractivity contribution in [3.63, 3.8) is 0 Å². The number of fused-ring (bicyclic) bond motifs is 3. The van der Waals surface area contributed by atoms with Gasteiger partial charge in [0.1, 0.15) is 0 Å². The topological polar surface area (TPSA) is 34.1 Å². The molecule has 3 rings (SSSR count). The molecule has 0 bridgehead atoms. The first-order valence-corrected chi connectivity index (χ1v) is 6.52. The van der Waals surface area contributed by atoms with Crippen LogP contribution >= 0.6 is 0 Å². The predicted molar refractivity (Wildman–Crippen MR) is 81.7 cm³/mol. The van der Waals surface area contributed by atoms with Crippen LogP contribution in [0.25, 0.3) is 21.5 Å². The maximum atomic E-state index is 11.4. The van der Waals surface area contributed by atoms with Gasteiger partial charge in [-0.15, -0.1) is 0 Å². The Morgan fingerprint density at radius 2 is 1.05 bits per heavy atom. The third-order valence-corrected chi connectivity index (χ3v) is 3.75. The Bertz CT molecular complexity index is 788. The van der Waals surface area contributed by atoms with Gasteiger partial charge in [-0.2, -0.15) is 0 Å². The number of rotatable bonds is 2. The van der Waals surface area contributed by atoms with Crippen LogP contribution in [0, 0.1) is 13.8 Å². The molecule has 0 radical (unpaired) electrons. The standard InChI is InChI=1S/C18H14O2/c1-11-3-5-13-15(7-11)16-8-12(2)4-6-14(16)18(10-20)17(13)9-19/h3-10H,1-2H3. The molecule has 0 fully saturated rings. The summed E-state index contributed by atoms with van der Waals surface area (Å²) in [4.78, 5) is 22.9. The Balaban J connectivity index is 2.68. The van der Waals surface area contributed by atoms with Gasteiger partial charge in [-0.25, -0.2) is 0 Å². The van der Waals surface area contributed by atoms with E-state index in [-0.39, 0.29) is 0 Å². The monoisotopic (exact) mass is 262 g/mol. The maximum Gasteiger partial charge on any atom is 0.151 e. The Morgan fingerprint density at radius 3 is 1.40 bits per heavy atom. The van der Waals surface area contributed by atoms with E-state index in [4.69, 9.17) is 0 Å². The van der Waals surface area contributed by atoms with Crippen molar-refractivity contribution in [2.45, 2.75) is 13.8 Å². The van der Waals surface area contributed by atoms with Crippen LogP contribution in [-0.2, 0) is 0 Å². The van der Waals surface area contributed by atoms with Crippen molar-refractivity contribution >= 4 is 34.1 Å². The first-order valence-electron chi connectivity index (χ1n) is 6.52. The highest BCUT2D eigenvalue weighted by molar-refractivity contribution is 6.20. The summed E-state index contributed by atoms with van der Waals surface area (Å²) in [5, 5.41) is 3.73. The number of aldehydes is 2. The quantitative estimate of drug-likeness (QED) is 0.511. The van der Waals surface area contributed by atoms with Gasteiger partial charge in [0, 0.05) is 11.1 Å². The van der Waals surface area contributed by atoms with Crippen LogP contribution in [0.1, 0.15) is 31.8 Å². The lowest BCUT2D eigenvalue weighted by molar-refractivity contribution is 0.109. The molecule has 0 atom stereocenters. The smallest absolute Gasteiger partial charge is 0.151 e. The molecule has 0 heterocycles. The summed E-state index contributed by atoms with van der Waals surface area (Å²) in [6, 6.07) is 11.9. The van der Waals surface area contributed by atoms with Crippen molar-refractivity contribution in [2.75, 3.05) is 0 Å². The molecule has 0 aliphatic heterocycles. The van der Waals surface area contributed by atoms with E-state index in [1.807, 2.05) is 38.1 Å². The Hall–Kier alpha value is -2.48. The summed E-state index contributed by atoms with van der Waals surface area (Å²) in [6.07, 6.45) is 1.56. The SMILES string of the molecule is Cc1ccc2c(C=O)c(C=O)c3ccc(C)cc3c2c1. The molecule has 2 nitrogen and oxygen atoms in total. The largest absolute Gasteiger partial charge is 0.298 e. The fourth-order valence-electron chi connectivity index (χ4n) is 2.78. The van der Waals surface area contributed by atoms with Crippen molar-refractivity contribution in [2.24, 2.45) is 0 Å². The first kappa shape index (κ1) is 12.5. The molecule has 0 aromatic heterocycles. The van der Waals surface area contributed by atoms with E-state index in [0.29, 0.717) is 11.1 Å². The molecule has 0 saturated heterocycles. The summed E-state index contributed by atoms with van der Waals surface area (Å²) < 4.78 is 0. The van der Waals surface area contributed by atoms with Gasteiger partial charge in [0.2, 0.25) is 0 Å². The molecule has 0 unspecified atom stereocenters. The third-order valence-electron chi connectivity index (χ3n) is 3.75. The summed E-state index contributed by atoms with van der Waals surface area (Å²) in [7, 11) is 0. The lowest BCUT2D eigenvalue weighted by Crippen LogP contribution is -1.96. The molecule has 0 N–H and O–H groups in total. The molecular formula is C18H14O2. The van der Waals surface area contributed by atoms with Crippen LogP contribution in [-0.4, -0.2) is 12.6 Å². The Labute approximate surface area is 117 Å². The van der Waals surface area contributed by atoms with Crippen molar-refractivity contribution in [1.29, 1.82) is 0 Å². The van der Waals surface area contributed by atoms with Gasteiger partial charge in [-0.05, 0) is 35.4 Å². The summed E-state index contributed by atoms with van der Waals surface area (Å²) in [6.45, 7) is 4.05. The average Bonchev–Trinajstić information content (AvgIpc) is 2.45. The van der Waals surface area contributed by atoms with E-state index in [2.05, 4.69) is 12.1 Å². The van der Waals surface area contributed by atoms with Gasteiger partial charge in [0.25, 0.3) is 0 Å². The summed E-state index contributed by atoms with van der Waals surface area (Å²) in [5.74, 6) is 0. The zero-order chi connectivity index (χ0) is 14.3. The second-order valence-electron chi connectivity index (χ2n) is 5.16. The van der Waals surface area contributed by atoms with E-state index >= 15 is 0 Å². The van der Waals surface area contributed by atoms with Gasteiger partial charge >= 0.3 is 0 Å². The molecule has 0 amide bonds. The zero-order valence-electron chi connectivity index (χ0n) is 11.4. The average molecular weight is 262 g/mol. The minimum absolute atomic E-state index is 0.478. The number of carbonyl (C=O) groups is 2. The van der Waals surface area contributed by atoms with Crippen molar-refractivity contribution in [3.05, 3.63) is 58.7 Å². The highest BCUT2D eigenvalue weighted by Crippen LogP contribution is 2.32. The van der Waals surface area contributed by atoms with Gasteiger partial charge in [-0.3, -0.25) is 9.59 Å². The normalized spacial score (nSPS) is 10.9. The molecular weight excluding hydrogens is 248 g/mol. The summed E-state index contributed by atoms with van der Waals surface area (Å²) in [5.41, 5.74) is 3.23. The van der Waals surface area contributed by atoms with Crippen LogP contribution in [0.15, 0.2) is 36.4 Å². The van der Waals surface area contributed by atoms with Crippen LogP contribution in [0.5, 0.6) is 0 Å². The number of hydrogen-bond acceptors (Lipinski definition) is 2. The van der Waals surface area contributed by atoms with E-state index in [1.165, 1.54) is 0 Å². The summed E-state index contributed by atoms with van der Waals surface area (Å²) >= 11 is 0. The molecule has 3 aromatic carbocycles. The lowest BCUT2D eigenvalue weighted by atomic mass is 9.91. The van der Waals surface area contributed by atoms with Gasteiger partial charge < -0.3 is 0 Å². The fourth-order valence-corrected chi connectivity index (χ4v) is 2.78. The van der Waals surface area contributed by atoms with Crippen LogP contribution in [0.3, 0.4) is 0 Å². The highest BCUT2D eigenvalue weighted by atomic mass is 16.1.